The normalized spacial score (nSPS) is 11.5. The highest BCUT2D eigenvalue weighted by atomic mass is 32.2. The van der Waals surface area contributed by atoms with Crippen LogP contribution in [0.5, 0.6) is 5.75 Å². The standard InChI is InChI=1S/C31H48N4O7S/c1-25(2)8-6-15-38-17-14-34-29(36)11-7-16-39-18-19-40-20-21-41-30(43-24-32)23-42-28-10-5-9-27(22-28)31(37)35-13-12-33-26(3)4/h5,9-10,22,25-26,30,33H,7,11-21,23H2,1-4H3,(H,34,36)(H,35,37). The Morgan fingerprint density at radius 2 is 1.70 bits per heavy atom. The van der Waals surface area contributed by atoms with Crippen LogP contribution >= 0.6 is 11.8 Å². The molecule has 2 amide bonds. The van der Waals surface area contributed by atoms with Crippen molar-refractivity contribution in [2.75, 3.05) is 72.5 Å². The predicted molar refractivity (Wildman–Crippen MR) is 168 cm³/mol. The largest absolute Gasteiger partial charge is 0.490 e. The molecule has 240 valence electrons. The highest BCUT2D eigenvalue weighted by molar-refractivity contribution is 8.04. The first-order chi connectivity index (χ1) is 20.8. The van der Waals surface area contributed by atoms with Crippen LogP contribution in [0, 0.1) is 28.4 Å². The van der Waals surface area contributed by atoms with Crippen LogP contribution in [-0.2, 0) is 23.7 Å². The number of nitriles is 1. The SMILES string of the molecule is CC(C)C#CCOCCNC(=O)CCCOCCOCCOC(COc1cccc(C(=O)NCCNC(C)C)c1)SC#N. The first-order valence-electron chi connectivity index (χ1n) is 14.7. The van der Waals surface area contributed by atoms with Crippen molar-refractivity contribution in [1.82, 2.24) is 16.0 Å². The van der Waals surface area contributed by atoms with Crippen LogP contribution < -0.4 is 20.7 Å². The van der Waals surface area contributed by atoms with Crippen LogP contribution in [0.1, 0.15) is 50.9 Å². The molecule has 0 saturated heterocycles. The zero-order valence-corrected chi connectivity index (χ0v) is 26.8. The highest BCUT2D eigenvalue weighted by Gasteiger charge is 2.12. The van der Waals surface area contributed by atoms with Crippen molar-refractivity contribution in [3.05, 3.63) is 29.8 Å². The second kappa shape index (κ2) is 25.6. The molecule has 0 aliphatic rings. The van der Waals surface area contributed by atoms with Gasteiger partial charge in [0.2, 0.25) is 5.91 Å². The van der Waals surface area contributed by atoms with Gasteiger partial charge in [0.05, 0.1) is 33.0 Å². The number of thioether (sulfide) groups is 1. The Morgan fingerprint density at radius 3 is 2.44 bits per heavy atom. The molecule has 0 fully saturated rings. The van der Waals surface area contributed by atoms with Crippen LogP contribution in [-0.4, -0.2) is 95.8 Å². The summed E-state index contributed by atoms with van der Waals surface area (Å²) in [7, 11) is 0. The van der Waals surface area contributed by atoms with Gasteiger partial charge in [0.15, 0.2) is 5.44 Å². The van der Waals surface area contributed by atoms with Gasteiger partial charge in [0, 0.05) is 50.2 Å². The third kappa shape index (κ3) is 22.4. The molecule has 1 atom stereocenters. The van der Waals surface area contributed by atoms with E-state index in [1.54, 1.807) is 24.3 Å². The number of nitrogens with one attached hydrogen (secondary N) is 3. The topological polar surface area (TPSA) is 140 Å². The van der Waals surface area contributed by atoms with Crippen molar-refractivity contribution in [3.63, 3.8) is 0 Å². The number of amides is 2. The van der Waals surface area contributed by atoms with Gasteiger partial charge in [0.1, 0.15) is 24.4 Å². The highest BCUT2D eigenvalue weighted by Crippen LogP contribution is 2.17. The van der Waals surface area contributed by atoms with E-state index < -0.39 is 5.44 Å². The van der Waals surface area contributed by atoms with E-state index in [9.17, 15) is 9.59 Å². The van der Waals surface area contributed by atoms with E-state index >= 15 is 0 Å². The number of benzene rings is 1. The monoisotopic (exact) mass is 620 g/mol. The average Bonchev–Trinajstić information content (AvgIpc) is 2.98. The lowest BCUT2D eigenvalue weighted by Crippen LogP contribution is -2.34. The lowest BCUT2D eigenvalue weighted by atomic mass is 10.2. The van der Waals surface area contributed by atoms with Crippen LogP contribution in [0.4, 0.5) is 0 Å². The Morgan fingerprint density at radius 1 is 0.930 bits per heavy atom. The van der Waals surface area contributed by atoms with Crippen molar-refractivity contribution in [2.24, 2.45) is 5.92 Å². The number of hydrogen-bond donors (Lipinski definition) is 3. The zero-order chi connectivity index (χ0) is 31.5. The molecule has 0 aromatic heterocycles. The minimum absolute atomic E-state index is 0.0360. The van der Waals surface area contributed by atoms with Crippen molar-refractivity contribution < 1.29 is 33.3 Å². The third-order valence-corrected chi connectivity index (χ3v) is 6.00. The van der Waals surface area contributed by atoms with E-state index in [-0.39, 0.29) is 25.0 Å². The molecule has 0 aliphatic carbocycles. The molecule has 0 heterocycles. The van der Waals surface area contributed by atoms with Gasteiger partial charge in [-0.15, -0.1) is 0 Å². The van der Waals surface area contributed by atoms with E-state index in [1.165, 1.54) is 0 Å². The van der Waals surface area contributed by atoms with Gasteiger partial charge in [-0.25, -0.2) is 0 Å². The Kier molecular flexibility index (Phi) is 22.8. The molecular formula is C31H48N4O7S. The molecule has 11 nitrogen and oxygen atoms in total. The number of ether oxygens (including phenoxy) is 5. The van der Waals surface area contributed by atoms with Gasteiger partial charge < -0.3 is 39.6 Å². The number of carbonyl (C=O) groups is 2. The summed E-state index contributed by atoms with van der Waals surface area (Å²) in [5, 5.41) is 20.0. The van der Waals surface area contributed by atoms with Crippen LogP contribution in [0.3, 0.4) is 0 Å². The number of thiocyanates is 1. The molecule has 1 aromatic rings. The quantitative estimate of drug-likeness (QED) is 0.0684. The molecule has 12 heteroatoms. The predicted octanol–water partition coefficient (Wildman–Crippen LogP) is 2.96. The summed E-state index contributed by atoms with van der Waals surface area (Å²) >= 11 is 0.958. The molecule has 1 aromatic carbocycles. The third-order valence-electron chi connectivity index (χ3n) is 5.36. The lowest BCUT2D eigenvalue weighted by Gasteiger charge is -2.16. The van der Waals surface area contributed by atoms with Crippen LogP contribution in [0.25, 0.3) is 0 Å². The Bertz CT molecular complexity index is 1010. The van der Waals surface area contributed by atoms with E-state index in [2.05, 4.69) is 27.8 Å². The second-order valence-corrected chi connectivity index (χ2v) is 10.9. The van der Waals surface area contributed by atoms with Crippen LogP contribution in [0.2, 0.25) is 0 Å². The number of rotatable bonds is 24. The summed E-state index contributed by atoms with van der Waals surface area (Å²) in [6.45, 7) is 12.6. The molecule has 0 radical (unpaired) electrons. The summed E-state index contributed by atoms with van der Waals surface area (Å²) in [6, 6.07) is 7.24. The van der Waals surface area contributed by atoms with E-state index in [0.717, 1.165) is 11.8 Å². The number of carbonyl (C=O) groups excluding carboxylic acids is 2. The Labute approximate surface area is 261 Å². The Balaban J connectivity index is 2.10. The maximum Gasteiger partial charge on any atom is 0.251 e. The summed E-state index contributed by atoms with van der Waals surface area (Å²) in [6.07, 6.45) is 1.00. The minimum Gasteiger partial charge on any atom is -0.490 e. The number of hydrogen-bond acceptors (Lipinski definition) is 10. The average molecular weight is 621 g/mol. The molecule has 43 heavy (non-hydrogen) atoms. The Hall–Kier alpha value is -2.84. The van der Waals surface area contributed by atoms with Gasteiger partial charge in [-0.3, -0.25) is 9.59 Å². The fourth-order valence-electron chi connectivity index (χ4n) is 3.32. The van der Waals surface area contributed by atoms with Gasteiger partial charge in [-0.2, -0.15) is 5.26 Å². The summed E-state index contributed by atoms with van der Waals surface area (Å²) in [4.78, 5) is 24.2. The van der Waals surface area contributed by atoms with Crippen molar-refractivity contribution >= 4 is 23.6 Å². The van der Waals surface area contributed by atoms with Gasteiger partial charge in [0.25, 0.3) is 5.91 Å². The zero-order valence-electron chi connectivity index (χ0n) is 25.9. The lowest BCUT2D eigenvalue weighted by molar-refractivity contribution is -0.121. The van der Waals surface area contributed by atoms with E-state index in [4.69, 9.17) is 28.9 Å². The summed E-state index contributed by atoms with van der Waals surface area (Å²) in [5.41, 5.74) is -0.0172. The van der Waals surface area contributed by atoms with Gasteiger partial charge >= 0.3 is 0 Å². The van der Waals surface area contributed by atoms with Gasteiger partial charge in [-0.1, -0.05) is 45.6 Å². The molecule has 3 N–H and O–H groups in total. The summed E-state index contributed by atoms with van der Waals surface area (Å²) < 4.78 is 27.9. The molecular weight excluding hydrogens is 572 g/mol. The number of nitrogens with zero attached hydrogens (tertiary/aromatic N) is 1. The van der Waals surface area contributed by atoms with Crippen molar-refractivity contribution in [1.29, 1.82) is 5.26 Å². The molecule has 0 bridgehead atoms. The second-order valence-electron chi connectivity index (χ2n) is 9.92. The molecule has 1 unspecified atom stereocenters. The minimum atomic E-state index is -0.513. The van der Waals surface area contributed by atoms with Crippen molar-refractivity contribution in [2.45, 2.75) is 52.0 Å². The van der Waals surface area contributed by atoms with Crippen molar-refractivity contribution in [3.8, 4) is 23.0 Å². The van der Waals surface area contributed by atoms with E-state index in [1.807, 2.05) is 33.1 Å². The molecule has 0 spiro atoms. The van der Waals surface area contributed by atoms with Crippen LogP contribution in [0.15, 0.2) is 24.3 Å². The molecule has 0 saturated carbocycles. The maximum atomic E-state index is 12.4. The first-order valence-corrected chi connectivity index (χ1v) is 15.6. The molecule has 0 aliphatic heterocycles. The smallest absolute Gasteiger partial charge is 0.251 e. The fraction of sp³-hybridized carbons (Fsp3) is 0.645. The fourth-order valence-corrected chi connectivity index (χ4v) is 3.74. The first kappa shape index (κ1) is 38.2. The molecule has 1 rings (SSSR count). The van der Waals surface area contributed by atoms with E-state index in [0.29, 0.717) is 95.4 Å². The van der Waals surface area contributed by atoms with Gasteiger partial charge in [-0.05, 0) is 36.4 Å². The summed E-state index contributed by atoms with van der Waals surface area (Å²) in [5.74, 6) is 6.57. The maximum absolute atomic E-state index is 12.4.